The Morgan fingerprint density at radius 2 is 2.20 bits per heavy atom. The van der Waals surface area contributed by atoms with Gasteiger partial charge in [-0.1, -0.05) is 22.0 Å². The maximum atomic E-state index is 11.7. The number of benzene rings is 1. The van der Waals surface area contributed by atoms with Crippen LogP contribution in [-0.4, -0.2) is 29.6 Å². The second kappa shape index (κ2) is 6.74. The van der Waals surface area contributed by atoms with Crippen molar-refractivity contribution >= 4 is 27.8 Å². The van der Waals surface area contributed by atoms with E-state index in [9.17, 15) is 9.59 Å². The fourth-order valence-corrected chi connectivity index (χ4v) is 2.69. The van der Waals surface area contributed by atoms with Crippen LogP contribution >= 0.6 is 15.9 Å². The van der Waals surface area contributed by atoms with Gasteiger partial charge in [0.1, 0.15) is 5.75 Å². The lowest BCUT2D eigenvalue weighted by molar-refractivity contribution is -0.141. The summed E-state index contributed by atoms with van der Waals surface area (Å²) in [6, 6.07) is 7.19. The van der Waals surface area contributed by atoms with E-state index >= 15 is 0 Å². The third-order valence-corrected chi connectivity index (χ3v) is 3.81. The molecule has 2 rings (SSSR count). The molecule has 0 unspecified atom stereocenters. The Labute approximate surface area is 125 Å². The number of ether oxygens (including phenoxy) is 1. The number of halogens is 1. The number of hydrogen-bond donors (Lipinski definition) is 2. The van der Waals surface area contributed by atoms with Crippen LogP contribution in [0.1, 0.15) is 19.3 Å². The number of carbonyl (C=O) groups is 2. The summed E-state index contributed by atoms with van der Waals surface area (Å²) in [5, 5.41) is 11.7. The molecule has 1 amide bonds. The largest absolute Gasteiger partial charge is 0.484 e. The van der Waals surface area contributed by atoms with Gasteiger partial charge in [-0.15, -0.1) is 0 Å². The maximum Gasteiger partial charge on any atom is 0.306 e. The predicted octanol–water partition coefficient (Wildman–Crippen LogP) is 2.20. The minimum absolute atomic E-state index is 0.0605. The zero-order chi connectivity index (χ0) is 14.5. The van der Waals surface area contributed by atoms with Gasteiger partial charge >= 0.3 is 5.97 Å². The van der Waals surface area contributed by atoms with Gasteiger partial charge < -0.3 is 15.2 Å². The highest BCUT2D eigenvalue weighted by molar-refractivity contribution is 9.10. The van der Waals surface area contributed by atoms with Gasteiger partial charge in [0.05, 0.1) is 5.92 Å². The van der Waals surface area contributed by atoms with E-state index in [1.807, 2.05) is 12.1 Å². The summed E-state index contributed by atoms with van der Waals surface area (Å²) in [5.41, 5.74) is 0. The lowest BCUT2D eigenvalue weighted by Gasteiger charge is -2.13. The van der Waals surface area contributed by atoms with Gasteiger partial charge in [-0.25, -0.2) is 0 Å². The molecule has 1 fully saturated rings. The van der Waals surface area contributed by atoms with Crippen molar-refractivity contribution in [3.8, 4) is 5.75 Å². The summed E-state index contributed by atoms with van der Waals surface area (Å²) in [7, 11) is 0. The van der Waals surface area contributed by atoms with Crippen LogP contribution in [0.3, 0.4) is 0 Å². The van der Waals surface area contributed by atoms with Crippen LogP contribution in [0.5, 0.6) is 5.75 Å². The fourth-order valence-electron chi connectivity index (χ4n) is 2.31. The number of carboxylic acid groups (broad SMARTS) is 1. The smallest absolute Gasteiger partial charge is 0.306 e. The van der Waals surface area contributed by atoms with Crippen LogP contribution in [0.25, 0.3) is 0 Å². The lowest BCUT2D eigenvalue weighted by Crippen LogP contribution is -2.36. The predicted molar refractivity (Wildman–Crippen MR) is 76.5 cm³/mol. The summed E-state index contributed by atoms with van der Waals surface area (Å²) >= 11 is 3.32. The van der Waals surface area contributed by atoms with Gasteiger partial charge in [0.25, 0.3) is 5.91 Å². The highest BCUT2D eigenvalue weighted by Gasteiger charge is 2.30. The Balaban J connectivity index is 1.75. The minimum atomic E-state index is -0.785. The first-order valence-electron chi connectivity index (χ1n) is 6.45. The molecule has 0 aliphatic heterocycles. The van der Waals surface area contributed by atoms with Gasteiger partial charge in [0.15, 0.2) is 6.61 Å². The second-order valence-electron chi connectivity index (χ2n) is 4.86. The molecule has 20 heavy (non-hydrogen) atoms. The van der Waals surface area contributed by atoms with E-state index in [1.54, 1.807) is 12.1 Å². The molecule has 0 bridgehead atoms. The van der Waals surface area contributed by atoms with E-state index in [2.05, 4.69) is 21.2 Å². The van der Waals surface area contributed by atoms with Gasteiger partial charge in [-0.05, 0) is 37.5 Å². The number of amides is 1. The highest BCUT2D eigenvalue weighted by atomic mass is 79.9. The number of carbonyl (C=O) groups excluding carboxylic acids is 1. The Morgan fingerprint density at radius 1 is 1.40 bits per heavy atom. The van der Waals surface area contributed by atoms with E-state index in [1.165, 1.54) is 0 Å². The summed E-state index contributed by atoms with van der Waals surface area (Å²) in [6.45, 7) is -0.0648. The number of carboxylic acids is 1. The summed E-state index contributed by atoms with van der Waals surface area (Å²) in [4.78, 5) is 22.6. The van der Waals surface area contributed by atoms with Crippen LogP contribution in [0.2, 0.25) is 0 Å². The Kier molecular flexibility index (Phi) is 5.00. The molecule has 108 valence electrons. The molecule has 1 aliphatic rings. The molecule has 0 saturated heterocycles. The third-order valence-electron chi connectivity index (χ3n) is 3.31. The van der Waals surface area contributed by atoms with Crippen LogP contribution in [0.4, 0.5) is 0 Å². The lowest BCUT2D eigenvalue weighted by atomic mass is 10.1. The van der Waals surface area contributed by atoms with Crippen LogP contribution in [-0.2, 0) is 9.59 Å². The quantitative estimate of drug-likeness (QED) is 0.860. The molecule has 1 aromatic carbocycles. The van der Waals surface area contributed by atoms with Crippen molar-refractivity contribution in [2.75, 3.05) is 6.61 Å². The van der Waals surface area contributed by atoms with Crippen molar-refractivity contribution in [3.05, 3.63) is 28.7 Å². The molecular formula is C14H16BrNO4. The molecule has 5 nitrogen and oxygen atoms in total. The van der Waals surface area contributed by atoms with Gasteiger partial charge in [-0.2, -0.15) is 0 Å². The molecule has 1 aromatic rings. The van der Waals surface area contributed by atoms with Crippen LogP contribution in [0.15, 0.2) is 28.7 Å². The van der Waals surface area contributed by atoms with E-state index in [4.69, 9.17) is 9.84 Å². The third kappa shape index (κ3) is 4.23. The Hall–Kier alpha value is -1.56. The molecule has 2 N–H and O–H groups in total. The number of rotatable bonds is 5. The molecule has 0 spiro atoms. The van der Waals surface area contributed by atoms with E-state index in [0.29, 0.717) is 25.0 Å². The maximum absolute atomic E-state index is 11.7. The monoisotopic (exact) mass is 341 g/mol. The minimum Gasteiger partial charge on any atom is -0.484 e. The standard InChI is InChI=1S/C14H16BrNO4/c15-10-2-1-3-12(7-10)20-8-13(17)16-11-5-4-9(6-11)14(18)19/h1-3,7,9,11H,4-6,8H2,(H,16,17)(H,18,19)/t9-,11+/m0/s1. The topological polar surface area (TPSA) is 75.6 Å². The number of nitrogens with one attached hydrogen (secondary N) is 1. The van der Waals surface area contributed by atoms with Gasteiger partial charge in [-0.3, -0.25) is 9.59 Å². The molecule has 0 aromatic heterocycles. The average Bonchev–Trinajstić information content (AvgIpc) is 2.85. The Morgan fingerprint density at radius 3 is 2.85 bits per heavy atom. The number of aliphatic carboxylic acids is 1. The molecule has 0 heterocycles. The molecular weight excluding hydrogens is 326 g/mol. The molecule has 1 aliphatic carbocycles. The molecule has 1 saturated carbocycles. The fraction of sp³-hybridized carbons (Fsp3) is 0.429. The molecule has 6 heteroatoms. The van der Waals surface area contributed by atoms with Crippen LogP contribution in [0, 0.1) is 5.92 Å². The van der Waals surface area contributed by atoms with Crippen molar-refractivity contribution in [2.45, 2.75) is 25.3 Å². The zero-order valence-electron chi connectivity index (χ0n) is 10.8. The van der Waals surface area contributed by atoms with Crippen molar-refractivity contribution in [1.82, 2.24) is 5.32 Å². The first kappa shape index (κ1) is 14.8. The van der Waals surface area contributed by atoms with E-state index in [-0.39, 0.29) is 24.5 Å². The van der Waals surface area contributed by atoms with Gasteiger partial charge in [0, 0.05) is 10.5 Å². The van der Waals surface area contributed by atoms with E-state index in [0.717, 1.165) is 4.47 Å². The van der Waals surface area contributed by atoms with Crippen molar-refractivity contribution in [2.24, 2.45) is 5.92 Å². The SMILES string of the molecule is O=C(COc1cccc(Br)c1)N[C@@H]1CC[C@H](C(=O)O)C1. The molecule has 2 atom stereocenters. The normalized spacial score (nSPS) is 21.4. The Bertz CT molecular complexity index is 506. The van der Waals surface area contributed by atoms with Crippen molar-refractivity contribution in [3.63, 3.8) is 0 Å². The number of hydrogen-bond acceptors (Lipinski definition) is 3. The van der Waals surface area contributed by atoms with Crippen LogP contribution < -0.4 is 10.1 Å². The second-order valence-corrected chi connectivity index (χ2v) is 5.77. The van der Waals surface area contributed by atoms with Crippen molar-refractivity contribution < 1.29 is 19.4 Å². The average molecular weight is 342 g/mol. The highest BCUT2D eigenvalue weighted by Crippen LogP contribution is 2.25. The molecule has 0 radical (unpaired) electrons. The summed E-state index contributed by atoms with van der Waals surface area (Å²) in [6.07, 6.45) is 1.82. The first-order valence-corrected chi connectivity index (χ1v) is 7.24. The zero-order valence-corrected chi connectivity index (χ0v) is 12.4. The first-order chi connectivity index (χ1) is 9.54. The van der Waals surface area contributed by atoms with E-state index < -0.39 is 5.97 Å². The van der Waals surface area contributed by atoms with Gasteiger partial charge in [0.2, 0.25) is 0 Å². The summed E-state index contributed by atoms with van der Waals surface area (Å²) < 4.78 is 6.26. The van der Waals surface area contributed by atoms with Crippen molar-refractivity contribution in [1.29, 1.82) is 0 Å². The summed E-state index contributed by atoms with van der Waals surface area (Å²) in [5.74, 6) is -0.733.